The van der Waals surface area contributed by atoms with Crippen molar-refractivity contribution < 1.29 is 13.9 Å². The lowest BCUT2D eigenvalue weighted by Gasteiger charge is -2.29. The van der Waals surface area contributed by atoms with E-state index in [1.165, 1.54) is 12.1 Å². The second-order valence-corrected chi connectivity index (χ2v) is 6.55. The summed E-state index contributed by atoms with van der Waals surface area (Å²) >= 11 is 0. The molecule has 5 nitrogen and oxygen atoms in total. The molecule has 1 amide bonds. The van der Waals surface area contributed by atoms with Gasteiger partial charge in [-0.25, -0.2) is 4.39 Å². The van der Waals surface area contributed by atoms with Crippen molar-refractivity contribution in [3.63, 3.8) is 0 Å². The first-order valence-corrected chi connectivity index (χ1v) is 8.54. The summed E-state index contributed by atoms with van der Waals surface area (Å²) in [5, 5.41) is 3.05. The average molecular weight is 341 g/mol. The summed E-state index contributed by atoms with van der Waals surface area (Å²) < 4.78 is 18.9. The Bertz CT molecular complexity index is 786. The van der Waals surface area contributed by atoms with Crippen LogP contribution in [0.4, 0.5) is 10.1 Å². The number of carbonyl (C=O) groups is 1. The SMILES string of the molecule is O=C(NC1(c2cccc(F)c2)CC1)c1cc(N2CCOCC2)ccn1. The van der Waals surface area contributed by atoms with Gasteiger partial charge in [0.25, 0.3) is 5.91 Å². The first-order chi connectivity index (χ1) is 12.2. The number of nitrogens with one attached hydrogen (secondary N) is 1. The highest BCUT2D eigenvalue weighted by Gasteiger charge is 2.46. The van der Waals surface area contributed by atoms with Crippen LogP contribution in [0.2, 0.25) is 0 Å². The van der Waals surface area contributed by atoms with E-state index in [1.807, 2.05) is 18.2 Å². The fourth-order valence-corrected chi connectivity index (χ4v) is 3.24. The van der Waals surface area contributed by atoms with Gasteiger partial charge in [0.2, 0.25) is 0 Å². The molecule has 1 N–H and O–H groups in total. The van der Waals surface area contributed by atoms with Crippen LogP contribution in [-0.2, 0) is 10.3 Å². The number of rotatable bonds is 4. The van der Waals surface area contributed by atoms with Crippen molar-refractivity contribution in [1.82, 2.24) is 10.3 Å². The van der Waals surface area contributed by atoms with E-state index in [0.717, 1.165) is 37.2 Å². The van der Waals surface area contributed by atoms with Gasteiger partial charge in [0, 0.05) is 25.0 Å². The number of carbonyl (C=O) groups excluding carboxylic acids is 1. The molecule has 1 saturated heterocycles. The molecule has 0 bridgehead atoms. The fourth-order valence-electron chi connectivity index (χ4n) is 3.24. The van der Waals surface area contributed by atoms with Crippen molar-refractivity contribution in [2.75, 3.05) is 31.2 Å². The van der Waals surface area contributed by atoms with E-state index in [0.29, 0.717) is 18.9 Å². The first-order valence-electron chi connectivity index (χ1n) is 8.54. The number of pyridine rings is 1. The van der Waals surface area contributed by atoms with Crippen LogP contribution >= 0.6 is 0 Å². The molecular weight excluding hydrogens is 321 g/mol. The van der Waals surface area contributed by atoms with Gasteiger partial charge in [-0.2, -0.15) is 0 Å². The van der Waals surface area contributed by atoms with Crippen LogP contribution in [0.5, 0.6) is 0 Å². The van der Waals surface area contributed by atoms with E-state index >= 15 is 0 Å². The van der Waals surface area contributed by atoms with Crippen molar-refractivity contribution in [3.05, 3.63) is 59.7 Å². The van der Waals surface area contributed by atoms with Crippen LogP contribution < -0.4 is 10.2 Å². The van der Waals surface area contributed by atoms with Crippen LogP contribution in [0.25, 0.3) is 0 Å². The minimum Gasteiger partial charge on any atom is -0.378 e. The monoisotopic (exact) mass is 341 g/mol. The lowest BCUT2D eigenvalue weighted by molar-refractivity contribution is 0.0925. The van der Waals surface area contributed by atoms with E-state index in [1.54, 1.807) is 12.3 Å². The van der Waals surface area contributed by atoms with Crippen LogP contribution in [0, 0.1) is 5.82 Å². The molecule has 6 heteroatoms. The quantitative estimate of drug-likeness (QED) is 0.928. The Balaban J connectivity index is 1.51. The summed E-state index contributed by atoms with van der Waals surface area (Å²) in [5.74, 6) is -0.512. The maximum absolute atomic E-state index is 13.5. The Morgan fingerprint density at radius 1 is 1.20 bits per heavy atom. The number of nitrogens with zero attached hydrogens (tertiary/aromatic N) is 2. The van der Waals surface area contributed by atoms with E-state index in [-0.39, 0.29) is 11.7 Å². The Labute approximate surface area is 145 Å². The maximum Gasteiger partial charge on any atom is 0.270 e. The highest BCUT2D eigenvalue weighted by atomic mass is 19.1. The number of hydrogen-bond acceptors (Lipinski definition) is 4. The first kappa shape index (κ1) is 16.0. The largest absolute Gasteiger partial charge is 0.378 e. The standard InChI is InChI=1S/C19H20FN3O2/c20-15-3-1-2-14(12-15)19(5-6-19)22-18(24)17-13-16(4-7-21-17)23-8-10-25-11-9-23/h1-4,7,12-13H,5-6,8-11H2,(H,22,24). The van der Waals surface area contributed by atoms with Gasteiger partial charge in [0.1, 0.15) is 11.5 Å². The molecule has 1 saturated carbocycles. The second kappa shape index (κ2) is 6.44. The molecule has 1 aromatic heterocycles. The molecule has 1 aliphatic heterocycles. The van der Waals surface area contributed by atoms with Gasteiger partial charge in [-0.05, 0) is 42.7 Å². The number of amides is 1. The van der Waals surface area contributed by atoms with Gasteiger partial charge >= 0.3 is 0 Å². The molecule has 1 aromatic carbocycles. The number of morpholine rings is 1. The van der Waals surface area contributed by atoms with E-state index in [2.05, 4.69) is 15.2 Å². The van der Waals surface area contributed by atoms with Crippen LogP contribution in [0.1, 0.15) is 28.9 Å². The Morgan fingerprint density at radius 3 is 2.72 bits per heavy atom. The molecule has 0 unspecified atom stereocenters. The molecule has 25 heavy (non-hydrogen) atoms. The predicted octanol–water partition coefficient (Wildman–Crippen LogP) is 2.48. The topological polar surface area (TPSA) is 54.5 Å². The van der Waals surface area contributed by atoms with E-state index < -0.39 is 5.54 Å². The number of halogens is 1. The van der Waals surface area contributed by atoms with Gasteiger partial charge in [0.15, 0.2) is 0 Å². The van der Waals surface area contributed by atoms with E-state index in [4.69, 9.17) is 4.74 Å². The minimum absolute atomic E-state index is 0.225. The summed E-state index contributed by atoms with van der Waals surface area (Å²) in [6.07, 6.45) is 3.28. The van der Waals surface area contributed by atoms with Gasteiger partial charge in [0.05, 0.1) is 18.8 Å². The second-order valence-electron chi connectivity index (χ2n) is 6.55. The lowest BCUT2D eigenvalue weighted by atomic mass is 10.0. The molecule has 2 heterocycles. The number of aromatic nitrogens is 1. The number of ether oxygens (including phenoxy) is 1. The summed E-state index contributed by atoms with van der Waals surface area (Å²) in [6.45, 7) is 2.98. The van der Waals surface area contributed by atoms with Crippen LogP contribution in [-0.4, -0.2) is 37.2 Å². The predicted molar refractivity (Wildman–Crippen MR) is 92.0 cm³/mol. The molecule has 1 aliphatic carbocycles. The van der Waals surface area contributed by atoms with Crippen molar-refractivity contribution in [2.45, 2.75) is 18.4 Å². The smallest absolute Gasteiger partial charge is 0.270 e. The minimum atomic E-state index is -0.462. The Hall–Kier alpha value is -2.47. The van der Waals surface area contributed by atoms with Crippen molar-refractivity contribution in [2.24, 2.45) is 0 Å². The molecule has 4 rings (SSSR count). The van der Waals surface area contributed by atoms with Crippen molar-refractivity contribution in [3.8, 4) is 0 Å². The zero-order valence-electron chi connectivity index (χ0n) is 13.9. The normalized spacial score (nSPS) is 18.7. The molecule has 2 fully saturated rings. The molecule has 0 radical (unpaired) electrons. The lowest BCUT2D eigenvalue weighted by Crippen LogP contribution is -2.37. The third-order valence-corrected chi connectivity index (χ3v) is 4.83. The Kier molecular flexibility index (Phi) is 4.13. The average Bonchev–Trinajstić information content (AvgIpc) is 3.43. The van der Waals surface area contributed by atoms with Crippen molar-refractivity contribution >= 4 is 11.6 Å². The summed E-state index contributed by atoms with van der Waals surface area (Å²) in [4.78, 5) is 19.1. The van der Waals surface area contributed by atoms with Gasteiger partial charge in [-0.3, -0.25) is 9.78 Å². The molecule has 2 aliphatic rings. The zero-order chi connectivity index (χ0) is 17.3. The highest BCUT2D eigenvalue weighted by Crippen LogP contribution is 2.45. The molecule has 0 spiro atoms. The zero-order valence-corrected chi connectivity index (χ0v) is 13.9. The van der Waals surface area contributed by atoms with E-state index in [9.17, 15) is 9.18 Å². The fraction of sp³-hybridized carbons (Fsp3) is 0.368. The summed E-state index contributed by atoms with van der Waals surface area (Å²) in [5.41, 5.74) is 1.70. The highest BCUT2D eigenvalue weighted by molar-refractivity contribution is 5.94. The van der Waals surface area contributed by atoms with Crippen LogP contribution in [0.3, 0.4) is 0 Å². The summed E-state index contributed by atoms with van der Waals surface area (Å²) in [7, 11) is 0. The molecular formula is C19H20FN3O2. The third kappa shape index (κ3) is 3.35. The maximum atomic E-state index is 13.5. The van der Waals surface area contributed by atoms with Gasteiger partial charge in [-0.1, -0.05) is 12.1 Å². The Morgan fingerprint density at radius 2 is 2.00 bits per heavy atom. The molecule has 130 valence electrons. The van der Waals surface area contributed by atoms with Gasteiger partial charge in [-0.15, -0.1) is 0 Å². The summed E-state index contributed by atoms with van der Waals surface area (Å²) in [6, 6.07) is 10.1. The number of anilines is 1. The third-order valence-electron chi connectivity index (χ3n) is 4.83. The van der Waals surface area contributed by atoms with Crippen molar-refractivity contribution in [1.29, 1.82) is 0 Å². The molecule has 2 aromatic rings. The van der Waals surface area contributed by atoms with Gasteiger partial charge < -0.3 is 15.0 Å². The van der Waals surface area contributed by atoms with Crippen LogP contribution in [0.15, 0.2) is 42.6 Å². The number of benzene rings is 1. The molecule has 0 atom stereocenters. The number of hydrogen-bond donors (Lipinski definition) is 1.